The van der Waals surface area contributed by atoms with E-state index < -0.39 is 11.9 Å². The number of hydrogen-bond acceptors (Lipinski definition) is 8. The molecule has 0 saturated carbocycles. The number of carboxylic acids is 1. The number of carbonyl (C=O) groups is 2. The first-order chi connectivity index (χ1) is 15.7. The maximum absolute atomic E-state index is 13.6. The summed E-state index contributed by atoms with van der Waals surface area (Å²) >= 11 is 6.35. The maximum Gasteiger partial charge on any atom is 0.305 e. The fourth-order valence-electron chi connectivity index (χ4n) is 4.05. The quantitative estimate of drug-likeness (QED) is 0.501. The van der Waals surface area contributed by atoms with Crippen molar-refractivity contribution in [3.8, 4) is 0 Å². The van der Waals surface area contributed by atoms with Gasteiger partial charge in [0.2, 0.25) is 0 Å². The highest BCUT2D eigenvalue weighted by Crippen LogP contribution is 2.34. The van der Waals surface area contributed by atoms with Crippen molar-refractivity contribution in [1.29, 1.82) is 0 Å². The van der Waals surface area contributed by atoms with Crippen LogP contribution in [0.4, 0.5) is 5.82 Å². The summed E-state index contributed by atoms with van der Waals surface area (Å²) in [6.45, 7) is 6.92. The van der Waals surface area contributed by atoms with Gasteiger partial charge >= 0.3 is 5.97 Å². The number of thioether (sulfide) groups is 1. The number of nitrogens with zero attached hydrogens (tertiary/aromatic N) is 4. The lowest BCUT2D eigenvalue weighted by molar-refractivity contribution is -0.137. The molecule has 0 bridgehead atoms. The summed E-state index contributed by atoms with van der Waals surface area (Å²) < 4.78 is 7.59. The Labute approximate surface area is 200 Å². The first-order valence-corrected chi connectivity index (χ1v) is 11.8. The van der Waals surface area contributed by atoms with E-state index in [0.29, 0.717) is 24.6 Å². The van der Waals surface area contributed by atoms with Crippen LogP contribution in [0.2, 0.25) is 0 Å². The number of aryl methyl sites for hydroxylation is 1. The molecule has 4 heterocycles. The summed E-state index contributed by atoms with van der Waals surface area (Å²) in [7, 11) is 0. The molecule has 0 aliphatic carbocycles. The van der Waals surface area contributed by atoms with Crippen molar-refractivity contribution in [2.75, 3.05) is 24.5 Å². The normalized spacial score (nSPS) is 22.6. The number of morpholine rings is 1. The average Bonchev–Trinajstić information content (AvgIpc) is 3.00. The zero-order chi connectivity index (χ0) is 23.9. The molecule has 2 saturated heterocycles. The lowest BCUT2D eigenvalue weighted by atomic mass is 10.1. The Morgan fingerprint density at radius 1 is 1.33 bits per heavy atom. The average molecular weight is 489 g/mol. The van der Waals surface area contributed by atoms with Crippen LogP contribution in [0.5, 0.6) is 0 Å². The molecule has 9 nitrogen and oxygen atoms in total. The monoisotopic (exact) mass is 488 g/mol. The molecule has 2 aromatic rings. The molecule has 2 aliphatic rings. The minimum absolute atomic E-state index is 0.0170. The van der Waals surface area contributed by atoms with Gasteiger partial charge in [0.15, 0.2) is 0 Å². The number of aromatic nitrogens is 2. The third kappa shape index (κ3) is 4.66. The zero-order valence-electron chi connectivity index (χ0n) is 18.5. The van der Waals surface area contributed by atoms with Crippen LogP contribution in [-0.2, 0) is 14.3 Å². The summed E-state index contributed by atoms with van der Waals surface area (Å²) in [6, 6.07) is 3.67. The summed E-state index contributed by atoms with van der Waals surface area (Å²) in [5.74, 6) is -0.931. The number of rotatable bonds is 5. The Balaban J connectivity index is 1.83. The number of carboxylic acid groups (broad SMARTS) is 1. The van der Waals surface area contributed by atoms with Gasteiger partial charge in [-0.3, -0.25) is 23.7 Å². The van der Waals surface area contributed by atoms with Crippen molar-refractivity contribution in [3.05, 3.63) is 44.7 Å². The molecule has 0 aromatic carbocycles. The van der Waals surface area contributed by atoms with Crippen molar-refractivity contribution in [2.45, 2.75) is 39.4 Å². The lowest BCUT2D eigenvalue weighted by Crippen LogP contribution is -2.46. The summed E-state index contributed by atoms with van der Waals surface area (Å²) in [6.07, 6.45) is 2.88. The van der Waals surface area contributed by atoms with Crippen LogP contribution in [0, 0.1) is 6.92 Å². The molecule has 11 heteroatoms. The molecule has 33 heavy (non-hydrogen) atoms. The lowest BCUT2D eigenvalue weighted by Gasteiger charge is -2.36. The van der Waals surface area contributed by atoms with Gasteiger partial charge in [0.25, 0.3) is 11.5 Å². The van der Waals surface area contributed by atoms with Crippen molar-refractivity contribution in [1.82, 2.24) is 14.3 Å². The number of hydrogen-bond donors (Lipinski definition) is 1. The van der Waals surface area contributed by atoms with E-state index in [1.807, 2.05) is 31.7 Å². The van der Waals surface area contributed by atoms with Gasteiger partial charge in [0.05, 0.1) is 29.1 Å². The van der Waals surface area contributed by atoms with E-state index >= 15 is 0 Å². The Bertz CT molecular complexity index is 1230. The Morgan fingerprint density at radius 3 is 2.70 bits per heavy atom. The van der Waals surface area contributed by atoms with E-state index in [-0.39, 0.29) is 45.5 Å². The van der Waals surface area contributed by atoms with E-state index in [9.17, 15) is 14.4 Å². The third-order valence-electron chi connectivity index (χ3n) is 5.48. The second-order valence-electron chi connectivity index (χ2n) is 8.18. The fraction of sp³-hybridized carbons (Fsp3) is 0.409. The van der Waals surface area contributed by atoms with Gasteiger partial charge in [0.1, 0.15) is 15.8 Å². The molecule has 0 spiro atoms. The van der Waals surface area contributed by atoms with E-state index in [2.05, 4.69) is 0 Å². The Hall–Kier alpha value is -2.76. The van der Waals surface area contributed by atoms with Gasteiger partial charge in [-0.2, -0.15) is 0 Å². The summed E-state index contributed by atoms with van der Waals surface area (Å²) in [4.78, 5) is 45.8. The van der Waals surface area contributed by atoms with Gasteiger partial charge in [-0.15, -0.1) is 0 Å². The van der Waals surface area contributed by atoms with Crippen LogP contribution in [-0.4, -0.2) is 67.4 Å². The summed E-state index contributed by atoms with van der Waals surface area (Å²) in [5.41, 5.74) is 1.41. The van der Waals surface area contributed by atoms with Gasteiger partial charge < -0.3 is 14.7 Å². The van der Waals surface area contributed by atoms with Gasteiger partial charge in [-0.05, 0) is 38.5 Å². The first kappa shape index (κ1) is 23.4. The molecule has 2 atom stereocenters. The van der Waals surface area contributed by atoms with Crippen LogP contribution in [0.15, 0.2) is 28.0 Å². The van der Waals surface area contributed by atoms with Crippen LogP contribution in [0.3, 0.4) is 0 Å². The molecule has 0 radical (unpaired) electrons. The molecule has 1 amide bonds. The largest absolute Gasteiger partial charge is 0.481 e. The van der Waals surface area contributed by atoms with Crippen molar-refractivity contribution < 1.29 is 19.4 Å². The second kappa shape index (κ2) is 9.24. The highest BCUT2D eigenvalue weighted by molar-refractivity contribution is 8.26. The van der Waals surface area contributed by atoms with Crippen LogP contribution in [0.25, 0.3) is 11.7 Å². The number of carbonyl (C=O) groups excluding carboxylic acids is 1. The van der Waals surface area contributed by atoms with Gasteiger partial charge in [-0.1, -0.05) is 30.0 Å². The SMILES string of the molecule is Cc1cccn2c(=O)c(/C=C3\SC(=S)N(CCC(=O)O)C3=O)c(N3C[C@@H](C)O[C@H](C)C3)nc12. The number of amides is 1. The van der Waals surface area contributed by atoms with Crippen molar-refractivity contribution in [2.24, 2.45) is 0 Å². The highest BCUT2D eigenvalue weighted by Gasteiger charge is 2.34. The molecule has 1 N–H and O–H groups in total. The second-order valence-corrected chi connectivity index (χ2v) is 9.85. The minimum atomic E-state index is -1.02. The van der Waals surface area contributed by atoms with Crippen LogP contribution < -0.4 is 10.5 Å². The topological polar surface area (TPSA) is 104 Å². The summed E-state index contributed by atoms with van der Waals surface area (Å²) in [5, 5.41) is 8.96. The van der Waals surface area contributed by atoms with Crippen LogP contribution >= 0.6 is 24.0 Å². The molecule has 4 rings (SSSR count). The zero-order valence-corrected chi connectivity index (χ0v) is 20.1. The number of anilines is 1. The predicted octanol–water partition coefficient (Wildman–Crippen LogP) is 2.29. The Kier molecular flexibility index (Phi) is 6.55. The van der Waals surface area contributed by atoms with Gasteiger partial charge in [-0.25, -0.2) is 4.98 Å². The van der Waals surface area contributed by atoms with E-state index in [1.165, 1.54) is 15.4 Å². The number of ether oxygens (including phenoxy) is 1. The van der Waals surface area contributed by atoms with E-state index in [4.69, 9.17) is 27.0 Å². The Morgan fingerprint density at radius 2 is 2.03 bits per heavy atom. The molecular formula is C22H24N4O5S2. The molecular weight excluding hydrogens is 464 g/mol. The highest BCUT2D eigenvalue weighted by atomic mass is 32.2. The molecule has 2 aliphatic heterocycles. The van der Waals surface area contributed by atoms with Crippen molar-refractivity contribution >= 4 is 57.7 Å². The minimum Gasteiger partial charge on any atom is -0.481 e. The van der Waals surface area contributed by atoms with E-state index in [0.717, 1.165) is 17.3 Å². The number of aliphatic carboxylic acids is 1. The molecule has 2 aromatic heterocycles. The maximum atomic E-state index is 13.6. The smallest absolute Gasteiger partial charge is 0.305 e. The third-order valence-corrected chi connectivity index (χ3v) is 6.86. The first-order valence-electron chi connectivity index (χ1n) is 10.5. The number of thiocarbonyl (C=S) groups is 1. The fourth-order valence-corrected chi connectivity index (χ4v) is 5.34. The van der Waals surface area contributed by atoms with Gasteiger partial charge in [0, 0.05) is 25.8 Å². The number of fused-ring (bicyclic) bond motifs is 1. The standard InChI is InChI=1S/C22H24N4O5S2/c1-12-5-4-7-25-18(12)23-19(24-10-13(2)31-14(3)11-24)15(20(25)29)9-16-21(30)26(22(32)33-16)8-6-17(27)28/h4-5,7,9,13-14H,6,8,10-11H2,1-3H3,(H,27,28)/b16-9-/t13-,14-/m1/s1. The predicted molar refractivity (Wildman–Crippen MR) is 131 cm³/mol. The molecule has 174 valence electrons. The van der Waals surface area contributed by atoms with E-state index in [1.54, 1.807) is 12.3 Å². The molecule has 2 fully saturated rings. The van der Waals surface area contributed by atoms with Crippen molar-refractivity contribution in [3.63, 3.8) is 0 Å². The number of pyridine rings is 1. The van der Waals surface area contributed by atoms with Crippen LogP contribution in [0.1, 0.15) is 31.4 Å². The molecule has 0 unspecified atom stereocenters.